The van der Waals surface area contributed by atoms with Gasteiger partial charge in [-0.05, 0) is 31.4 Å². The van der Waals surface area contributed by atoms with Gasteiger partial charge in [-0.25, -0.2) is 0 Å². The highest BCUT2D eigenvalue weighted by Crippen LogP contribution is 2.20. The number of carbonyl (C=O) groups is 1. The second-order valence-electron chi connectivity index (χ2n) is 5.18. The van der Waals surface area contributed by atoms with Crippen LogP contribution < -0.4 is 5.73 Å². The number of rotatable bonds is 5. The molecule has 0 saturated carbocycles. The SMILES string of the molecule is COC1CCN(C(=O)CCc2ccccn2)C(CN)C1.Cl.Cl. The number of hydrogen-bond acceptors (Lipinski definition) is 4. The lowest BCUT2D eigenvalue weighted by Gasteiger charge is -2.38. The predicted octanol–water partition coefficient (Wildman–Crippen LogP) is 1.82. The maximum Gasteiger partial charge on any atom is 0.223 e. The quantitative estimate of drug-likeness (QED) is 0.880. The van der Waals surface area contributed by atoms with Gasteiger partial charge in [-0.1, -0.05) is 6.07 Å². The summed E-state index contributed by atoms with van der Waals surface area (Å²) < 4.78 is 5.38. The number of amides is 1. The molecule has 1 amide bonds. The van der Waals surface area contributed by atoms with Crippen molar-refractivity contribution in [2.45, 2.75) is 37.8 Å². The summed E-state index contributed by atoms with van der Waals surface area (Å²) in [4.78, 5) is 18.5. The second-order valence-corrected chi connectivity index (χ2v) is 5.18. The zero-order valence-corrected chi connectivity index (χ0v) is 14.4. The van der Waals surface area contributed by atoms with E-state index in [2.05, 4.69) is 4.98 Å². The molecule has 1 aliphatic rings. The molecule has 7 heteroatoms. The topological polar surface area (TPSA) is 68.5 Å². The van der Waals surface area contributed by atoms with Crippen molar-refractivity contribution >= 4 is 30.7 Å². The van der Waals surface area contributed by atoms with Gasteiger partial charge in [-0.15, -0.1) is 24.8 Å². The number of pyridine rings is 1. The van der Waals surface area contributed by atoms with E-state index in [0.717, 1.165) is 25.1 Å². The molecule has 0 spiro atoms. The first-order chi connectivity index (χ1) is 9.74. The van der Waals surface area contributed by atoms with Gasteiger partial charge in [0.05, 0.1) is 6.10 Å². The Hall–Kier alpha value is -0.880. The Labute approximate surface area is 144 Å². The van der Waals surface area contributed by atoms with Crippen LogP contribution in [0.1, 0.15) is 25.0 Å². The average molecular weight is 350 g/mol. The van der Waals surface area contributed by atoms with E-state index in [9.17, 15) is 4.79 Å². The van der Waals surface area contributed by atoms with Gasteiger partial charge < -0.3 is 15.4 Å². The van der Waals surface area contributed by atoms with E-state index in [1.165, 1.54) is 0 Å². The van der Waals surface area contributed by atoms with E-state index in [1.807, 2.05) is 23.1 Å². The third-order valence-corrected chi connectivity index (χ3v) is 3.91. The molecule has 0 bridgehead atoms. The first-order valence-corrected chi connectivity index (χ1v) is 7.16. The number of carbonyl (C=O) groups excluding carboxylic acids is 1. The molecule has 5 nitrogen and oxygen atoms in total. The van der Waals surface area contributed by atoms with Crippen LogP contribution >= 0.6 is 24.8 Å². The zero-order chi connectivity index (χ0) is 14.4. The van der Waals surface area contributed by atoms with Gasteiger partial charge >= 0.3 is 0 Å². The van der Waals surface area contributed by atoms with Crippen molar-refractivity contribution in [2.24, 2.45) is 5.73 Å². The standard InChI is InChI=1S/C15H23N3O2.2ClH/c1-20-14-7-9-18(13(10-14)11-16)15(19)6-5-12-4-2-3-8-17-12;;/h2-4,8,13-14H,5-7,9-11,16H2,1H3;2*1H. The molecule has 1 saturated heterocycles. The van der Waals surface area contributed by atoms with Crippen molar-refractivity contribution in [1.82, 2.24) is 9.88 Å². The van der Waals surface area contributed by atoms with Crippen molar-refractivity contribution in [2.75, 3.05) is 20.2 Å². The van der Waals surface area contributed by atoms with Gasteiger partial charge in [0, 0.05) is 44.6 Å². The molecule has 1 fully saturated rings. The zero-order valence-electron chi connectivity index (χ0n) is 12.8. The fraction of sp³-hybridized carbons (Fsp3) is 0.600. The minimum absolute atomic E-state index is 0. The molecule has 2 rings (SSSR count). The Morgan fingerprint density at radius 3 is 2.82 bits per heavy atom. The fourth-order valence-electron chi connectivity index (χ4n) is 2.70. The van der Waals surface area contributed by atoms with Gasteiger partial charge in [-0.3, -0.25) is 9.78 Å². The van der Waals surface area contributed by atoms with Gasteiger partial charge in [0.1, 0.15) is 0 Å². The van der Waals surface area contributed by atoms with Crippen LogP contribution in [0.4, 0.5) is 0 Å². The summed E-state index contributed by atoms with van der Waals surface area (Å²) in [6, 6.07) is 5.88. The lowest BCUT2D eigenvalue weighted by Crippen LogP contribution is -2.51. The number of nitrogens with two attached hydrogens (primary N) is 1. The van der Waals surface area contributed by atoms with Crippen molar-refractivity contribution < 1.29 is 9.53 Å². The van der Waals surface area contributed by atoms with Gasteiger partial charge in [0.15, 0.2) is 0 Å². The highest BCUT2D eigenvalue weighted by atomic mass is 35.5. The van der Waals surface area contributed by atoms with Crippen LogP contribution in [0, 0.1) is 0 Å². The highest BCUT2D eigenvalue weighted by molar-refractivity contribution is 5.85. The molecule has 0 radical (unpaired) electrons. The normalized spacial score (nSPS) is 20.7. The molecule has 1 aromatic rings. The van der Waals surface area contributed by atoms with Crippen LogP contribution in [0.15, 0.2) is 24.4 Å². The summed E-state index contributed by atoms with van der Waals surface area (Å²) in [6.07, 6.45) is 4.88. The molecule has 22 heavy (non-hydrogen) atoms. The lowest BCUT2D eigenvalue weighted by atomic mass is 9.98. The molecular formula is C15H25Cl2N3O2. The predicted molar refractivity (Wildman–Crippen MR) is 91.6 cm³/mol. The Morgan fingerprint density at radius 2 is 2.23 bits per heavy atom. The number of methoxy groups -OCH3 is 1. The van der Waals surface area contributed by atoms with Gasteiger partial charge in [0.25, 0.3) is 0 Å². The van der Waals surface area contributed by atoms with Crippen LogP contribution in [-0.2, 0) is 16.0 Å². The largest absolute Gasteiger partial charge is 0.381 e. The molecule has 1 aromatic heterocycles. The minimum Gasteiger partial charge on any atom is -0.381 e. The third-order valence-electron chi connectivity index (χ3n) is 3.91. The summed E-state index contributed by atoms with van der Waals surface area (Å²) in [5.41, 5.74) is 6.75. The van der Waals surface area contributed by atoms with Crippen LogP contribution in [0.3, 0.4) is 0 Å². The average Bonchev–Trinajstić information content (AvgIpc) is 2.52. The van der Waals surface area contributed by atoms with Crippen LogP contribution in [-0.4, -0.2) is 48.1 Å². The number of ether oxygens (including phenoxy) is 1. The van der Waals surface area contributed by atoms with E-state index >= 15 is 0 Å². The molecule has 2 unspecified atom stereocenters. The molecule has 0 aromatic carbocycles. The van der Waals surface area contributed by atoms with Crippen LogP contribution in [0.25, 0.3) is 0 Å². The van der Waals surface area contributed by atoms with Crippen molar-refractivity contribution in [3.63, 3.8) is 0 Å². The molecule has 2 N–H and O–H groups in total. The molecule has 2 heterocycles. The van der Waals surface area contributed by atoms with Crippen LogP contribution in [0.5, 0.6) is 0 Å². The van der Waals surface area contributed by atoms with Crippen molar-refractivity contribution in [3.05, 3.63) is 30.1 Å². The molecule has 0 aliphatic carbocycles. The minimum atomic E-state index is 0. The van der Waals surface area contributed by atoms with E-state index < -0.39 is 0 Å². The summed E-state index contributed by atoms with van der Waals surface area (Å²) in [7, 11) is 1.72. The Kier molecular flexibility index (Phi) is 10.3. The molecule has 126 valence electrons. The van der Waals surface area contributed by atoms with E-state index in [-0.39, 0.29) is 42.9 Å². The number of aromatic nitrogens is 1. The summed E-state index contributed by atoms with van der Waals surface area (Å²) in [6.45, 7) is 1.23. The summed E-state index contributed by atoms with van der Waals surface area (Å²) in [5, 5.41) is 0. The van der Waals surface area contributed by atoms with Crippen molar-refractivity contribution in [1.29, 1.82) is 0 Å². The maximum atomic E-state index is 12.3. The molecule has 2 atom stereocenters. The smallest absolute Gasteiger partial charge is 0.223 e. The number of aryl methyl sites for hydroxylation is 1. The Bertz CT molecular complexity index is 434. The monoisotopic (exact) mass is 349 g/mol. The van der Waals surface area contributed by atoms with Gasteiger partial charge in [0.2, 0.25) is 5.91 Å². The molecule has 1 aliphatic heterocycles. The Morgan fingerprint density at radius 1 is 1.45 bits per heavy atom. The maximum absolute atomic E-state index is 12.3. The number of hydrogen-bond donors (Lipinski definition) is 1. The van der Waals surface area contributed by atoms with E-state index in [4.69, 9.17) is 10.5 Å². The second kappa shape index (κ2) is 10.8. The number of nitrogens with zero attached hydrogens (tertiary/aromatic N) is 2. The first-order valence-electron chi connectivity index (χ1n) is 7.16. The third kappa shape index (κ3) is 5.72. The number of piperidine rings is 1. The van der Waals surface area contributed by atoms with E-state index in [1.54, 1.807) is 13.3 Å². The Balaban J connectivity index is 0.00000220. The summed E-state index contributed by atoms with van der Waals surface area (Å²) in [5.74, 6) is 0.167. The fourth-order valence-corrected chi connectivity index (χ4v) is 2.70. The number of likely N-dealkylation sites (tertiary alicyclic amines) is 1. The van der Waals surface area contributed by atoms with Crippen molar-refractivity contribution in [3.8, 4) is 0 Å². The highest BCUT2D eigenvalue weighted by Gasteiger charge is 2.30. The van der Waals surface area contributed by atoms with Crippen LogP contribution in [0.2, 0.25) is 0 Å². The first kappa shape index (κ1) is 21.1. The number of halogens is 2. The lowest BCUT2D eigenvalue weighted by molar-refractivity contribution is -0.136. The van der Waals surface area contributed by atoms with E-state index in [0.29, 0.717) is 19.4 Å². The van der Waals surface area contributed by atoms with Gasteiger partial charge in [-0.2, -0.15) is 0 Å². The summed E-state index contributed by atoms with van der Waals surface area (Å²) >= 11 is 0. The molecular weight excluding hydrogens is 325 g/mol.